The van der Waals surface area contributed by atoms with Crippen LogP contribution in [0.5, 0.6) is 5.75 Å². The van der Waals surface area contributed by atoms with Crippen molar-refractivity contribution in [3.8, 4) is 5.75 Å². The maximum absolute atomic E-state index is 6.45. The fourth-order valence-electron chi connectivity index (χ4n) is 3.88. The molecule has 2 unspecified atom stereocenters. The van der Waals surface area contributed by atoms with Gasteiger partial charge in [-0.25, -0.2) is 0 Å². The van der Waals surface area contributed by atoms with E-state index < -0.39 is 0 Å². The molecule has 2 aromatic carbocycles. The van der Waals surface area contributed by atoms with E-state index >= 15 is 0 Å². The fraction of sp³-hybridized carbons (Fsp3) is 0.556. The maximum atomic E-state index is 6.45. The predicted molar refractivity (Wildman–Crippen MR) is 150 cm³/mol. The summed E-state index contributed by atoms with van der Waals surface area (Å²) >= 11 is 0. The van der Waals surface area contributed by atoms with Crippen LogP contribution in [0.15, 0.2) is 48.5 Å². The van der Waals surface area contributed by atoms with Crippen LogP contribution in [-0.4, -0.2) is 51.4 Å². The molecule has 0 saturated heterocycles. The number of hydrogen-bond donors (Lipinski definition) is 6. The van der Waals surface area contributed by atoms with Gasteiger partial charge in [-0.05, 0) is 107 Å². The molecule has 0 radical (unpaired) electrons. The van der Waals surface area contributed by atoms with Gasteiger partial charge in [0, 0.05) is 12.1 Å². The first-order chi connectivity index (χ1) is 16.6. The summed E-state index contributed by atoms with van der Waals surface area (Å²) in [6.07, 6.45) is 5.43. The zero-order chi connectivity index (χ0) is 24.4. The topological polar surface area (TPSA) is 137 Å². The predicted octanol–water partition coefficient (Wildman–Crippen LogP) is 2.08. The van der Waals surface area contributed by atoms with E-state index in [1.807, 2.05) is 18.2 Å². The van der Waals surface area contributed by atoms with Crippen LogP contribution in [-0.2, 0) is 19.4 Å². The third-order valence-electron chi connectivity index (χ3n) is 5.77. The highest BCUT2D eigenvalue weighted by molar-refractivity contribution is 5.85. The third-order valence-corrected chi connectivity index (χ3v) is 5.77. The standard InChI is InChI=1S/C27H46N6O.ClH/c28-10-4-12-32-14-8-25(30)17-23-16-24(18-26(31)9-15-33-13-5-11-29)20-27(19-23)34-21-22-6-2-1-3-7-22;/h1-3,6-7,16,19-20,25-26,32-33H,4-5,8-15,17-18,21,28-31H2;1H. The van der Waals surface area contributed by atoms with Crippen LogP contribution in [0.4, 0.5) is 0 Å². The molecule has 0 spiro atoms. The lowest BCUT2D eigenvalue weighted by Crippen LogP contribution is -2.30. The van der Waals surface area contributed by atoms with E-state index in [1.165, 1.54) is 11.1 Å². The first-order valence-electron chi connectivity index (χ1n) is 12.7. The molecule has 0 heterocycles. The highest BCUT2D eigenvalue weighted by Crippen LogP contribution is 2.21. The Labute approximate surface area is 218 Å². The summed E-state index contributed by atoms with van der Waals surface area (Å²) in [5, 5.41) is 6.82. The van der Waals surface area contributed by atoms with E-state index in [4.69, 9.17) is 27.7 Å². The number of nitrogens with one attached hydrogen (secondary N) is 2. The molecule has 0 aliphatic heterocycles. The summed E-state index contributed by atoms with van der Waals surface area (Å²) in [5.41, 5.74) is 27.5. The van der Waals surface area contributed by atoms with Crippen molar-refractivity contribution in [3.63, 3.8) is 0 Å². The van der Waals surface area contributed by atoms with Gasteiger partial charge in [-0.2, -0.15) is 0 Å². The van der Waals surface area contributed by atoms with E-state index in [9.17, 15) is 0 Å². The molecule has 0 aliphatic carbocycles. The van der Waals surface area contributed by atoms with Crippen molar-refractivity contribution >= 4 is 12.4 Å². The lowest BCUT2D eigenvalue weighted by molar-refractivity contribution is 0.305. The van der Waals surface area contributed by atoms with Gasteiger partial charge in [0.1, 0.15) is 12.4 Å². The minimum absolute atomic E-state index is 0. The molecule has 0 saturated carbocycles. The highest BCUT2D eigenvalue weighted by atomic mass is 35.5. The van der Waals surface area contributed by atoms with Crippen LogP contribution < -0.4 is 38.3 Å². The summed E-state index contributed by atoms with van der Waals surface area (Å²) in [5.74, 6) is 0.873. The van der Waals surface area contributed by atoms with E-state index in [2.05, 4.69) is 41.0 Å². The van der Waals surface area contributed by atoms with Gasteiger partial charge in [0.2, 0.25) is 0 Å². The first kappa shape index (κ1) is 31.3. The second-order valence-electron chi connectivity index (χ2n) is 9.05. The smallest absolute Gasteiger partial charge is 0.120 e. The first-order valence-corrected chi connectivity index (χ1v) is 12.7. The average Bonchev–Trinajstić information content (AvgIpc) is 2.83. The van der Waals surface area contributed by atoms with Crippen LogP contribution in [0.1, 0.15) is 42.4 Å². The van der Waals surface area contributed by atoms with E-state index in [-0.39, 0.29) is 24.5 Å². The van der Waals surface area contributed by atoms with Crippen molar-refractivity contribution in [1.29, 1.82) is 0 Å². The Bertz CT molecular complexity index is 739. The summed E-state index contributed by atoms with van der Waals surface area (Å²) in [4.78, 5) is 0. The van der Waals surface area contributed by atoms with Gasteiger partial charge in [-0.3, -0.25) is 0 Å². The molecule has 0 aliphatic rings. The van der Waals surface area contributed by atoms with Gasteiger partial charge >= 0.3 is 0 Å². The Kier molecular flexibility index (Phi) is 17.4. The van der Waals surface area contributed by atoms with Crippen molar-refractivity contribution in [2.75, 3.05) is 39.3 Å². The van der Waals surface area contributed by atoms with Crippen LogP contribution in [0.2, 0.25) is 0 Å². The molecule has 2 aromatic rings. The molecular weight excluding hydrogens is 460 g/mol. The molecule has 8 heteroatoms. The van der Waals surface area contributed by atoms with Crippen molar-refractivity contribution in [2.45, 2.75) is 57.2 Å². The molecular formula is C27H47ClN6O. The third kappa shape index (κ3) is 14.4. The summed E-state index contributed by atoms with van der Waals surface area (Å²) in [6.45, 7) is 5.65. The van der Waals surface area contributed by atoms with Crippen LogP contribution in [0.25, 0.3) is 0 Å². The summed E-state index contributed by atoms with van der Waals surface area (Å²) in [6, 6.07) is 16.9. The van der Waals surface area contributed by atoms with Gasteiger partial charge in [0.05, 0.1) is 0 Å². The maximum Gasteiger partial charge on any atom is 0.120 e. The molecule has 2 atom stereocenters. The lowest BCUT2D eigenvalue weighted by atomic mass is 9.97. The Balaban J connectivity index is 0.00000612. The SMILES string of the molecule is Cl.NCCCNCCC(N)Cc1cc(CC(N)CCNCCCN)cc(OCc2ccccc2)c1. The zero-order valence-corrected chi connectivity index (χ0v) is 21.9. The van der Waals surface area contributed by atoms with Gasteiger partial charge < -0.3 is 38.3 Å². The van der Waals surface area contributed by atoms with Crippen molar-refractivity contribution < 1.29 is 4.74 Å². The molecule has 35 heavy (non-hydrogen) atoms. The highest BCUT2D eigenvalue weighted by Gasteiger charge is 2.11. The normalized spacial score (nSPS) is 12.7. The summed E-state index contributed by atoms with van der Waals surface area (Å²) < 4.78 is 6.16. The van der Waals surface area contributed by atoms with Crippen LogP contribution in [0, 0.1) is 0 Å². The number of halogens is 1. The fourth-order valence-corrected chi connectivity index (χ4v) is 3.88. The second kappa shape index (κ2) is 19.5. The van der Waals surface area contributed by atoms with E-state index in [0.29, 0.717) is 19.7 Å². The van der Waals surface area contributed by atoms with Crippen LogP contribution >= 0.6 is 12.4 Å². The summed E-state index contributed by atoms with van der Waals surface area (Å²) in [7, 11) is 0. The van der Waals surface area contributed by atoms with Crippen molar-refractivity contribution in [3.05, 3.63) is 65.2 Å². The van der Waals surface area contributed by atoms with E-state index in [1.54, 1.807) is 0 Å². The number of rotatable bonds is 19. The molecule has 2 rings (SSSR count). The molecule has 0 amide bonds. The van der Waals surface area contributed by atoms with Gasteiger partial charge in [0.25, 0.3) is 0 Å². The van der Waals surface area contributed by atoms with E-state index in [0.717, 1.165) is 76.0 Å². The number of ether oxygens (including phenoxy) is 1. The van der Waals surface area contributed by atoms with Crippen LogP contribution in [0.3, 0.4) is 0 Å². The Morgan fingerprint density at radius 2 is 1.20 bits per heavy atom. The monoisotopic (exact) mass is 506 g/mol. The van der Waals surface area contributed by atoms with Crippen molar-refractivity contribution in [1.82, 2.24) is 10.6 Å². The quantitative estimate of drug-likeness (QED) is 0.160. The molecule has 0 fully saturated rings. The van der Waals surface area contributed by atoms with Gasteiger partial charge in [-0.15, -0.1) is 12.4 Å². The minimum Gasteiger partial charge on any atom is -0.489 e. The molecule has 198 valence electrons. The van der Waals surface area contributed by atoms with Crippen molar-refractivity contribution in [2.24, 2.45) is 22.9 Å². The molecule has 0 bridgehead atoms. The Morgan fingerprint density at radius 3 is 1.69 bits per heavy atom. The lowest BCUT2D eigenvalue weighted by Gasteiger charge is -2.17. The van der Waals surface area contributed by atoms with Gasteiger partial charge in [-0.1, -0.05) is 36.4 Å². The molecule has 7 nitrogen and oxygen atoms in total. The Hall–Kier alpha value is -1.71. The molecule has 0 aromatic heterocycles. The Morgan fingerprint density at radius 1 is 0.686 bits per heavy atom. The minimum atomic E-state index is 0. The average molecular weight is 507 g/mol. The number of hydrogen-bond acceptors (Lipinski definition) is 7. The number of benzene rings is 2. The number of nitrogens with two attached hydrogens (primary N) is 4. The molecule has 10 N–H and O–H groups in total. The largest absolute Gasteiger partial charge is 0.489 e. The zero-order valence-electron chi connectivity index (χ0n) is 21.1. The second-order valence-corrected chi connectivity index (χ2v) is 9.05. The van der Waals surface area contributed by atoms with Gasteiger partial charge in [0.15, 0.2) is 0 Å².